The van der Waals surface area contributed by atoms with Crippen LogP contribution >= 0.6 is 0 Å². The lowest BCUT2D eigenvalue weighted by Crippen LogP contribution is -2.54. The summed E-state index contributed by atoms with van der Waals surface area (Å²) in [7, 11) is 1.80. The maximum absolute atomic E-state index is 12.6. The number of rotatable bonds is 4. The molecule has 1 spiro atoms. The third-order valence-electron chi connectivity index (χ3n) is 5.65. The van der Waals surface area contributed by atoms with Crippen LogP contribution in [0.1, 0.15) is 47.9 Å². The Morgan fingerprint density at radius 1 is 1.40 bits per heavy atom. The van der Waals surface area contributed by atoms with E-state index in [1.165, 1.54) is 0 Å². The van der Waals surface area contributed by atoms with Gasteiger partial charge in [0.15, 0.2) is 5.82 Å². The predicted octanol–water partition coefficient (Wildman–Crippen LogP) is 1.71. The van der Waals surface area contributed by atoms with E-state index >= 15 is 0 Å². The van der Waals surface area contributed by atoms with E-state index in [4.69, 9.17) is 9.26 Å². The van der Waals surface area contributed by atoms with Crippen molar-refractivity contribution >= 4 is 5.91 Å². The summed E-state index contributed by atoms with van der Waals surface area (Å²) in [5.41, 5.74) is 0.835. The summed E-state index contributed by atoms with van der Waals surface area (Å²) < 4.78 is 12.8. The minimum absolute atomic E-state index is 0.0629. The number of aromatic nitrogens is 4. The molecule has 1 aliphatic carbocycles. The maximum atomic E-state index is 12.6. The molecular weight excluding hydrogens is 322 g/mol. The molecule has 1 atom stereocenters. The standard InChI is InChI=1S/C17H23N5O3/c1-12-19-15(25-20-12)11-24-14-3-5-17(14)6-9-22(10-7-17)16(23)13-4-8-18-21(13)2/h4,8,14H,3,5-7,9-11H2,1-2H3. The molecule has 1 saturated carbocycles. The zero-order chi connectivity index (χ0) is 17.4. The van der Waals surface area contributed by atoms with E-state index in [0.717, 1.165) is 38.8 Å². The molecular formula is C17H23N5O3. The van der Waals surface area contributed by atoms with Gasteiger partial charge in [-0.2, -0.15) is 10.1 Å². The van der Waals surface area contributed by atoms with Gasteiger partial charge in [-0.3, -0.25) is 9.48 Å². The summed E-state index contributed by atoms with van der Waals surface area (Å²) in [6.07, 6.45) is 6.05. The molecule has 0 N–H and O–H groups in total. The van der Waals surface area contributed by atoms with Gasteiger partial charge in [-0.1, -0.05) is 5.16 Å². The van der Waals surface area contributed by atoms with Crippen LogP contribution in [0.15, 0.2) is 16.8 Å². The fourth-order valence-corrected chi connectivity index (χ4v) is 3.97. The molecule has 0 radical (unpaired) electrons. The summed E-state index contributed by atoms with van der Waals surface area (Å²) in [6, 6.07) is 1.77. The second-order valence-corrected chi connectivity index (χ2v) is 7.07. The summed E-state index contributed by atoms with van der Waals surface area (Å²) >= 11 is 0. The number of ether oxygens (including phenoxy) is 1. The molecule has 134 valence electrons. The van der Waals surface area contributed by atoms with Gasteiger partial charge in [-0.25, -0.2) is 0 Å². The van der Waals surface area contributed by atoms with Crippen molar-refractivity contribution in [1.29, 1.82) is 0 Å². The van der Waals surface area contributed by atoms with Crippen LogP contribution in [0.25, 0.3) is 0 Å². The molecule has 0 bridgehead atoms. The molecule has 2 aliphatic rings. The third kappa shape index (κ3) is 2.95. The monoisotopic (exact) mass is 345 g/mol. The lowest BCUT2D eigenvalue weighted by Gasteiger charge is -2.53. The van der Waals surface area contributed by atoms with Crippen LogP contribution in [-0.4, -0.2) is 49.9 Å². The third-order valence-corrected chi connectivity index (χ3v) is 5.65. The minimum Gasteiger partial charge on any atom is -0.368 e. The Labute approximate surface area is 146 Å². The number of hydrogen-bond donors (Lipinski definition) is 0. The minimum atomic E-state index is 0.0629. The van der Waals surface area contributed by atoms with Crippen molar-refractivity contribution in [3.8, 4) is 0 Å². The normalized spacial score (nSPS) is 22.2. The van der Waals surface area contributed by atoms with Crippen molar-refractivity contribution in [3.63, 3.8) is 0 Å². The molecule has 2 fully saturated rings. The van der Waals surface area contributed by atoms with Gasteiger partial charge in [0.1, 0.15) is 12.3 Å². The smallest absolute Gasteiger partial charge is 0.272 e. The molecule has 8 nitrogen and oxygen atoms in total. The van der Waals surface area contributed by atoms with E-state index in [0.29, 0.717) is 24.0 Å². The molecule has 2 aromatic heterocycles. The second kappa shape index (κ2) is 6.25. The Morgan fingerprint density at radius 3 is 2.76 bits per heavy atom. The maximum Gasteiger partial charge on any atom is 0.272 e. The predicted molar refractivity (Wildman–Crippen MR) is 87.6 cm³/mol. The fraction of sp³-hybridized carbons (Fsp3) is 0.647. The van der Waals surface area contributed by atoms with E-state index < -0.39 is 0 Å². The summed E-state index contributed by atoms with van der Waals surface area (Å²) in [6.45, 7) is 3.70. The first-order valence-corrected chi connectivity index (χ1v) is 8.75. The van der Waals surface area contributed by atoms with Gasteiger partial charge in [0.05, 0.1) is 6.10 Å². The zero-order valence-corrected chi connectivity index (χ0v) is 14.6. The highest BCUT2D eigenvalue weighted by molar-refractivity contribution is 5.92. The van der Waals surface area contributed by atoms with E-state index in [9.17, 15) is 4.79 Å². The molecule has 1 amide bonds. The molecule has 1 saturated heterocycles. The van der Waals surface area contributed by atoms with Gasteiger partial charge in [-0.15, -0.1) is 0 Å². The Morgan fingerprint density at radius 2 is 2.20 bits per heavy atom. The van der Waals surface area contributed by atoms with E-state index in [2.05, 4.69) is 15.2 Å². The Hall–Kier alpha value is -2.22. The first-order chi connectivity index (χ1) is 12.1. The van der Waals surface area contributed by atoms with Gasteiger partial charge in [0.25, 0.3) is 11.8 Å². The van der Waals surface area contributed by atoms with Gasteiger partial charge in [-0.05, 0) is 38.7 Å². The van der Waals surface area contributed by atoms with Crippen molar-refractivity contribution in [2.45, 2.75) is 45.3 Å². The number of aryl methyl sites for hydroxylation is 2. The Balaban J connectivity index is 1.33. The first kappa shape index (κ1) is 16.3. The molecule has 1 unspecified atom stereocenters. The molecule has 2 aromatic rings. The van der Waals surface area contributed by atoms with Crippen LogP contribution < -0.4 is 0 Å². The number of carbonyl (C=O) groups excluding carboxylic acids is 1. The molecule has 1 aliphatic heterocycles. The largest absolute Gasteiger partial charge is 0.368 e. The molecule has 4 rings (SSSR count). The summed E-state index contributed by atoms with van der Waals surface area (Å²) in [5, 5.41) is 7.87. The summed E-state index contributed by atoms with van der Waals surface area (Å²) in [4.78, 5) is 18.7. The second-order valence-electron chi connectivity index (χ2n) is 7.07. The molecule has 0 aromatic carbocycles. The quantitative estimate of drug-likeness (QED) is 0.838. The van der Waals surface area contributed by atoms with Gasteiger partial charge < -0.3 is 14.2 Å². The van der Waals surface area contributed by atoms with Crippen LogP contribution in [0.2, 0.25) is 0 Å². The highest BCUT2D eigenvalue weighted by atomic mass is 16.5. The van der Waals surface area contributed by atoms with E-state index in [1.807, 2.05) is 4.90 Å². The van der Waals surface area contributed by atoms with Crippen LogP contribution in [0.5, 0.6) is 0 Å². The SMILES string of the molecule is Cc1noc(COC2CCC23CCN(C(=O)c2ccnn2C)CC3)n1. The highest BCUT2D eigenvalue weighted by Gasteiger charge is 2.49. The van der Waals surface area contributed by atoms with Crippen molar-refractivity contribution in [2.75, 3.05) is 13.1 Å². The van der Waals surface area contributed by atoms with Crippen molar-refractivity contribution < 1.29 is 14.1 Å². The van der Waals surface area contributed by atoms with Gasteiger partial charge >= 0.3 is 0 Å². The lowest BCUT2D eigenvalue weighted by molar-refractivity contribution is -0.143. The first-order valence-electron chi connectivity index (χ1n) is 8.75. The number of piperidine rings is 1. The summed E-state index contributed by atoms with van der Waals surface area (Å²) in [5.74, 6) is 1.22. The van der Waals surface area contributed by atoms with Crippen molar-refractivity contribution in [2.24, 2.45) is 12.5 Å². The number of nitrogens with zero attached hydrogens (tertiary/aromatic N) is 5. The number of hydrogen-bond acceptors (Lipinski definition) is 6. The van der Waals surface area contributed by atoms with Gasteiger partial charge in [0, 0.05) is 31.7 Å². The van der Waals surface area contributed by atoms with E-state index in [-0.39, 0.29) is 17.4 Å². The van der Waals surface area contributed by atoms with Crippen LogP contribution in [0.3, 0.4) is 0 Å². The molecule has 25 heavy (non-hydrogen) atoms. The highest BCUT2D eigenvalue weighted by Crippen LogP contribution is 2.51. The van der Waals surface area contributed by atoms with Crippen molar-refractivity contribution in [3.05, 3.63) is 29.7 Å². The number of amides is 1. The average Bonchev–Trinajstić information content (AvgIpc) is 3.22. The van der Waals surface area contributed by atoms with E-state index in [1.54, 1.807) is 30.9 Å². The number of likely N-dealkylation sites (tertiary alicyclic amines) is 1. The zero-order valence-electron chi connectivity index (χ0n) is 14.6. The van der Waals surface area contributed by atoms with Crippen LogP contribution in [0.4, 0.5) is 0 Å². The Bertz CT molecular complexity index is 760. The van der Waals surface area contributed by atoms with Gasteiger partial charge in [0.2, 0.25) is 0 Å². The van der Waals surface area contributed by atoms with Crippen LogP contribution in [-0.2, 0) is 18.4 Å². The van der Waals surface area contributed by atoms with Crippen LogP contribution in [0, 0.1) is 12.3 Å². The fourth-order valence-electron chi connectivity index (χ4n) is 3.97. The lowest BCUT2D eigenvalue weighted by atomic mass is 9.60. The Kier molecular flexibility index (Phi) is 4.07. The molecule has 3 heterocycles. The van der Waals surface area contributed by atoms with Crippen molar-refractivity contribution in [1.82, 2.24) is 24.8 Å². The molecule has 8 heteroatoms. The topological polar surface area (TPSA) is 86.3 Å². The average molecular weight is 345 g/mol. The number of carbonyl (C=O) groups is 1.